The summed E-state index contributed by atoms with van der Waals surface area (Å²) in [6, 6.07) is 12.5. The maximum Gasteiger partial charge on any atom is 0.144 e. The van der Waals surface area contributed by atoms with Gasteiger partial charge in [-0.3, -0.25) is 4.57 Å². The van der Waals surface area contributed by atoms with Crippen molar-refractivity contribution in [1.29, 1.82) is 0 Å². The molecule has 0 aliphatic heterocycles. The Bertz CT molecular complexity index is 959. The molecule has 3 aromatic rings. The van der Waals surface area contributed by atoms with E-state index in [0.717, 1.165) is 22.6 Å². The zero-order valence-corrected chi connectivity index (χ0v) is 20.6. The molecule has 0 fully saturated rings. The number of hydrogen-bond acceptors (Lipinski definition) is 1. The first-order valence-corrected chi connectivity index (χ1v) is 11.5. The minimum absolute atomic E-state index is 0.492. The molecule has 0 unspecified atom stereocenters. The molecule has 0 radical (unpaired) electrons. The van der Waals surface area contributed by atoms with Crippen molar-refractivity contribution in [2.75, 3.05) is 0 Å². The van der Waals surface area contributed by atoms with Crippen LogP contribution in [0.5, 0.6) is 0 Å². The molecule has 168 valence electrons. The molecule has 0 bridgehead atoms. The molecule has 2 nitrogen and oxygen atoms in total. The van der Waals surface area contributed by atoms with Crippen LogP contribution in [-0.2, 0) is 5.41 Å². The standard InChI is InChI=1S/C24H29FN2.C4H10/c1-7-21(25)24(5,6)20-11-9-8-10-19(20)23-26-12-13-27(23)22-17(3)14-16(2)15-18(22)4;1-3-4-2/h8-15,21H,7H2,1-6H3;3-4H2,1-2H3/t21-;/m1./s1. The predicted octanol–water partition coefficient (Wildman–Crippen LogP) is 8.30. The Labute approximate surface area is 188 Å². The van der Waals surface area contributed by atoms with Gasteiger partial charge < -0.3 is 0 Å². The number of nitrogens with zero attached hydrogens (tertiary/aromatic N) is 2. The van der Waals surface area contributed by atoms with Gasteiger partial charge in [-0.2, -0.15) is 0 Å². The number of imidazole rings is 1. The van der Waals surface area contributed by atoms with Gasteiger partial charge in [-0.1, -0.05) is 89.4 Å². The third-order valence-electron chi connectivity index (χ3n) is 6.02. The lowest BCUT2D eigenvalue weighted by atomic mass is 9.77. The van der Waals surface area contributed by atoms with E-state index in [1.54, 1.807) is 0 Å². The lowest BCUT2D eigenvalue weighted by Gasteiger charge is -2.31. The van der Waals surface area contributed by atoms with Gasteiger partial charge in [-0.05, 0) is 43.9 Å². The van der Waals surface area contributed by atoms with Crippen LogP contribution < -0.4 is 0 Å². The van der Waals surface area contributed by atoms with Gasteiger partial charge in [0.2, 0.25) is 0 Å². The van der Waals surface area contributed by atoms with E-state index in [9.17, 15) is 4.39 Å². The van der Waals surface area contributed by atoms with Gasteiger partial charge in [0.05, 0.1) is 5.69 Å². The fourth-order valence-corrected chi connectivity index (χ4v) is 4.15. The van der Waals surface area contributed by atoms with Crippen LogP contribution >= 0.6 is 0 Å². The molecule has 0 aliphatic rings. The third-order valence-corrected chi connectivity index (χ3v) is 6.02. The van der Waals surface area contributed by atoms with Gasteiger partial charge in [0, 0.05) is 23.4 Å². The molecule has 31 heavy (non-hydrogen) atoms. The van der Waals surface area contributed by atoms with Crippen molar-refractivity contribution < 1.29 is 4.39 Å². The first kappa shape index (κ1) is 24.8. The molecule has 2 aromatic carbocycles. The highest BCUT2D eigenvalue weighted by Crippen LogP contribution is 2.38. The van der Waals surface area contributed by atoms with E-state index in [1.807, 2.05) is 51.4 Å². The minimum atomic E-state index is -0.912. The van der Waals surface area contributed by atoms with Gasteiger partial charge in [0.15, 0.2) is 0 Å². The van der Waals surface area contributed by atoms with Crippen molar-refractivity contribution in [3.63, 3.8) is 0 Å². The molecule has 1 atom stereocenters. The van der Waals surface area contributed by atoms with Crippen molar-refractivity contribution in [3.8, 4) is 17.1 Å². The number of aryl methyl sites for hydroxylation is 3. The van der Waals surface area contributed by atoms with Gasteiger partial charge in [-0.15, -0.1) is 0 Å². The van der Waals surface area contributed by atoms with Crippen LogP contribution in [0.3, 0.4) is 0 Å². The molecule has 0 N–H and O–H groups in total. The van der Waals surface area contributed by atoms with Crippen molar-refractivity contribution in [2.45, 2.75) is 86.2 Å². The Kier molecular flexibility index (Phi) is 8.61. The average Bonchev–Trinajstić information content (AvgIpc) is 3.21. The van der Waals surface area contributed by atoms with Crippen LogP contribution in [-0.4, -0.2) is 15.7 Å². The molecule has 0 saturated carbocycles. The summed E-state index contributed by atoms with van der Waals surface area (Å²) in [7, 11) is 0. The quantitative estimate of drug-likeness (QED) is 0.390. The highest BCUT2D eigenvalue weighted by atomic mass is 19.1. The number of alkyl halides is 1. The summed E-state index contributed by atoms with van der Waals surface area (Å²) in [5.41, 5.74) is 6.21. The molecule has 0 aliphatic carbocycles. The van der Waals surface area contributed by atoms with Crippen molar-refractivity contribution >= 4 is 0 Å². The van der Waals surface area contributed by atoms with Crippen LogP contribution in [0.15, 0.2) is 48.8 Å². The lowest BCUT2D eigenvalue weighted by molar-refractivity contribution is 0.209. The largest absolute Gasteiger partial charge is 0.299 e. The van der Waals surface area contributed by atoms with Crippen molar-refractivity contribution in [2.24, 2.45) is 0 Å². The van der Waals surface area contributed by atoms with Crippen molar-refractivity contribution in [1.82, 2.24) is 9.55 Å². The fourth-order valence-electron chi connectivity index (χ4n) is 4.15. The molecule has 0 spiro atoms. The van der Waals surface area contributed by atoms with E-state index in [-0.39, 0.29) is 0 Å². The zero-order valence-electron chi connectivity index (χ0n) is 20.6. The minimum Gasteiger partial charge on any atom is -0.299 e. The van der Waals surface area contributed by atoms with E-state index in [0.29, 0.717) is 6.42 Å². The highest BCUT2D eigenvalue weighted by molar-refractivity contribution is 5.66. The summed E-state index contributed by atoms with van der Waals surface area (Å²) in [4.78, 5) is 4.67. The normalized spacial score (nSPS) is 12.3. The van der Waals surface area contributed by atoms with Crippen LogP contribution in [0, 0.1) is 20.8 Å². The van der Waals surface area contributed by atoms with E-state index in [1.165, 1.54) is 29.5 Å². The Morgan fingerprint density at radius 2 is 1.55 bits per heavy atom. The zero-order chi connectivity index (χ0) is 23.2. The Morgan fingerprint density at radius 1 is 0.968 bits per heavy atom. The summed E-state index contributed by atoms with van der Waals surface area (Å²) >= 11 is 0. The number of hydrogen-bond donors (Lipinski definition) is 0. The number of benzene rings is 2. The summed E-state index contributed by atoms with van der Waals surface area (Å²) < 4.78 is 16.9. The maximum absolute atomic E-state index is 14.8. The van der Waals surface area contributed by atoms with Crippen LogP contribution in [0.2, 0.25) is 0 Å². The smallest absolute Gasteiger partial charge is 0.144 e. The van der Waals surface area contributed by atoms with Crippen molar-refractivity contribution in [3.05, 3.63) is 71.0 Å². The van der Waals surface area contributed by atoms with E-state index in [4.69, 9.17) is 0 Å². The number of unbranched alkanes of at least 4 members (excludes halogenated alkanes) is 1. The van der Waals surface area contributed by atoms with Gasteiger partial charge >= 0.3 is 0 Å². The topological polar surface area (TPSA) is 17.8 Å². The van der Waals surface area contributed by atoms with E-state index >= 15 is 0 Å². The van der Waals surface area contributed by atoms with Crippen LogP contribution in [0.25, 0.3) is 17.1 Å². The average molecular weight is 423 g/mol. The second-order valence-corrected chi connectivity index (χ2v) is 9.01. The summed E-state index contributed by atoms with van der Waals surface area (Å²) in [6.07, 6.45) is 6.04. The first-order chi connectivity index (χ1) is 14.7. The van der Waals surface area contributed by atoms with Gasteiger partial charge in [0.1, 0.15) is 12.0 Å². The van der Waals surface area contributed by atoms with Crippen LogP contribution in [0.1, 0.15) is 76.1 Å². The molecule has 1 aromatic heterocycles. The Hall–Kier alpha value is -2.42. The lowest BCUT2D eigenvalue weighted by Crippen LogP contribution is -2.30. The SMILES string of the molecule is CCCC.CC[C@@H](F)C(C)(C)c1ccccc1-c1nccn1-c1c(C)cc(C)cc1C. The number of halogens is 1. The molecule has 3 rings (SSSR count). The summed E-state index contributed by atoms with van der Waals surface area (Å²) in [5.74, 6) is 0.858. The first-order valence-electron chi connectivity index (χ1n) is 11.5. The van der Waals surface area contributed by atoms with Gasteiger partial charge in [0.25, 0.3) is 0 Å². The van der Waals surface area contributed by atoms with Gasteiger partial charge in [-0.25, -0.2) is 9.37 Å². The second kappa shape index (κ2) is 10.7. The molecular formula is C28H39FN2. The predicted molar refractivity (Wildman–Crippen MR) is 132 cm³/mol. The Morgan fingerprint density at radius 3 is 2.10 bits per heavy atom. The Balaban J connectivity index is 0.000000785. The fraction of sp³-hybridized carbons (Fsp3) is 0.464. The molecule has 0 saturated heterocycles. The van der Waals surface area contributed by atoms with E-state index in [2.05, 4.69) is 62.4 Å². The number of rotatable bonds is 6. The maximum atomic E-state index is 14.8. The van der Waals surface area contributed by atoms with E-state index < -0.39 is 11.6 Å². The highest BCUT2D eigenvalue weighted by Gasteiger charge is 2.33. The van der Waals surface area contributed by atoms with Crippen LogP contribution in [0.4, 0.5) is 4.39 Å². The molecule has 1 heterocycles. The molecule has 0 amide bonds. The second-order valence-electron chi connectivity index (χ2n) is 9.01. The molecular weight excluding hydrogens is 383 g/mol. The molecule has 3 heteroatoms. The summed E-state index contributed by atoms with van der Waals surface area (Å²) in [6.45, 7) is 16.6. The monoisotopic (exact) mass is 422 g/mol. The number of aromatic nitrogens is 2. The third kappa shape index (κ3) is 5.44. The summed E-state index contributed by atoms with van der Waals surface area (Å²) in [5, 5.41) is 0.